The molecule has 5 nitrogen and oxygen atoms in total. The van der Waals surface area contributed by atoms with Gasteiger partial charge in [0.05, 0.1) is 23.8 Å². The number of morpholine rings is 1. The van der Waals surface area contributed by atoms with Gasteiger partial charge < -0.3 is 9.64 Å². The lowest BCUT2D eigenvalue weighted by Crippen LogP contribution is -2.48. The molecule has 2 aliphatic rings. The zero-order chi connectivity index (χ0) is 13.4. The Morgan fingerprint density at radius 1 is 1.47 bits per heavy atom. The number of halogens is 1. The van der Waals surface area contributed by atoms with E-state index < -0.39 is 0 Å². The molecule has 2 aliphatic heterocycles. The minimum atomic E-state index is 0.224. The molecule has 0 bridgehead atoms. The molecule has 100 valence electrons. The summed E-state index contributed by atoms with van der Waals surface area (Å²) in [6.45, 7) is 3.44. The fourth-order valence-electron chi connectivity index (χ4n) is 2.73. The van der Waals surface area contributed by atoms with E-state index in [4.69, 9.17) is 21.6 Å². The minimum Gasteiger partial charge on any atom is -0.373 e. The number of rotatable bonds is 1. The van der Waals surface area contributed by atoms with Crippen molar-refractivity contribution < 1.29 is 4.74 Å². The van der Waals surface area contributed by atoms with Crippen molar-refractivity contribution in [2.75, 3.05) is 38.2 Å². The molecule has 2 saturated heterocycles. The number of ether oxygens (including phenoxy) is 1. The minimum absolute atomic E-state index is 0.224. The van der Waals surface area contributed by atoms with E-state index >= 15 is 0 Å². The zero-order valence-electron chi connectivity index (χ0n) is 10.7. The molecular formula is C13H15ClN4O. The Bertz CT molecular complexity index is 530. The van der Waals surface area contributed by atoms with Crippen molar-refractivity contribution in [3.05, 3.63) is 22.8 Å². The monoisotopic (exact) mass is 278 g/mol. The van der Waals surface area contributed by atoms with Crippen molar-refractivity contribution in [3.8, 4) is 6.07 Å². The average Bonchev–Trinajstić information content (AvgIpc) is 2.85. The highest BCUT2D eigenvalue weighted by atomic mass is 35.5. The average molecular weight is 279 g/mol. The van der Waals surface area contributed by atoms with E-state index in [9.17, 15) is 0 Å². The molecule has 19 heavy (non-hydrogen) atoms. The molecule has 2 unspecified atom stereocenters. The van der Waals surface area contributed by atoms with E-state index in [1.165, 1.54) is 0 Å². The van der Waals surface area contributed by atoms with Crippen LogP contribution >= 0.6 is 11.6 Å². The number of nitriles is 1. The Kier molecular flexibility index (Phi) is 3.31. The van der Waals surface area contributed by atoms with Crippen molar-refractivity contribution in [1.29, 1.82) is 5.26 Å². The summed E-state index contributed by atoms with van der Waals surface area (Å²) in [5, 5.41) is 9.38. The van der Waals surface area contributed by atoms with Gasteiger partial charge in [-0.2, -0.15) is 5.26 Å². The number of hydrogen-bond donors (Lipinski definition) is 0. The topological polar surface area (TPSA) is 52.4 Å². The summed E-state index contributed by atoms with van der Waals surface area (Å²) in [5.74, 6) is 0.798. The first-order valence-corrected chi connectivity index (χ1v) is 6.70. The molecule has 0 N–H and O–H groups in total. The third-order valence-corrected chi connectivity index (χ3v) is 4.15. The molecule has 1 aromatic heterocycles. The molecular weight excluding hydrogens is 264 g/mol. The van der Waals surface area contributed by atoms with Gasteiger partial charge in [0.25, 0.3) is 0 Å². The Morgan fingerprint density at radius 2 is 2.32 bits per heavy atom. The zero-order valence-corrected chi connectivity index (χ0v) is 11.5. The fraction of sp³-hybridized carbons (Fsp3) is 0.538. The van der Waals surface area contributed by atoms with Crippen molar-refractivity contribution in [3.63, 3.8) is 0 Å². The predicted molar refractivity (Wildman–Crippen MR) is 72.3 cm³/mol. The van der Waals surface area contributed by atoms with E-state index in [-0.39, 0.29) is 11.8 Å². The summed E-state index contributed by atoms with van der Waals surface area (Å²) < 4.78 is 5.80. The standard InChI is InChI=1S/C13H15ClN4O/c1-17-4-5-19-12-8-18(7-11(12)17)13-3-2-9(14)10(6-15)16-13/h2-3,11-12H,4-5,7-8H2,1H3. The Hall–Kier alpha value is -1.35. The Morgan fingerprint density at radius 3 is 3.05 bits per heavy atom. The maximum atomic E-state index is 8.99. The molecule has 6 heteroatoms. The number of pyridine rings is 1. The Labute approximate surface area is 117 Å². The third-order valence-electron chi connectivity index (χ3n) is 3.84. The van der Waals surface area contributed by atoms with E-state index in [1.807, 2.05) is 12.1 Å². The van der Waals surface area contributed by atoms with Crippen LogP contribution in [0.1, 0.15) is 5.69 Å². The Balaban J connectivity index is 1.83. The van der Waals surface area contributed by atoms with E-state index in [0.29, 0.717) is 11.1 Å². The largest absolute Gasteiger partial charge is 0.373 e. The van der Waals surface area contributed by atoms with E-state index in [0.717, 1.165) is 32.1 Å². The first-order chi connectivity index (χ1) is 9.19. The number of likely N-dealkylation sites (N-methyl/N-ethyl adjacent to an activating group) is 1. The summed E-state index contributed by atoms with van der Waals surface area (Å²) in [6.07, 6.45) is 0.224. The van der Waals surface area contributed by atoms with Crippen LogP contribution in [-0.2, 0) is 4.74 Å². The summed E-state index contributed by atoms with van der Waals surface area (Å²) in [6, 6.07) is 6.01. The number of fused-ring (bicyclic) bond motifs is 1. The number of hydrogen-bond acceptors (Lipinski definition) is 5. The van der Waals surface area contributed by atoms with Crippen LogP contribution in [0.5, 0.6) is 0 Å². The van der Waals surface area contributed by atoms with Gasteiger partial charge in [-0.1, -0.05) is 11.6 Å². The van der Waals surface area contributed by atoms with Gasteiger partial charge in [-0.25, -0.2) is 4.98 Å². The van der Waals surface area contributed by atoms with Gasteiger partial charge in [0.15, 0.2) is 5.69 Å². The van der Waals surface area contributed by atoms with Crippen LogP contribution < -0.4 is 4.90 Å². The van der Waals surface area contributed by atoms with Crippen molar-refractivity contribution in [1.82, 2.24) is 9.88 Å². The normalized spacial score (nSPS) is 27.1. The van der Waals surface area contributed by atoms with Gasteiger partial charge in [-0.15, -0.1) is 0 Å². The van der Waals surface area contributed by atoms with Crippen LogP contribution in [0.4, 0.5) is 5.82 Å². The number of nitrogens with zero attached hydrogens (tertiary/aromatic N) is 4. The van der Waals surface area contributed by atoms with Crippen LogP contribution in [0.25, 0.3) is 0 Å². The van der Waals surface area contributed by atoms with Crippen LogP contribution in [-0.4, -0.2) is 55.3 Å². The van der Waals surface area contributed by atoms with Gasteiger partial charge in [-0.05, 0) is 19.2 Å². The van der Waals surface area contributed by atoms with Crippen LogP contribution in [0.3, 0.4) is 0 Å². The molecule has 0 aromatic carbocycles. The summed E-state index contributed by atoms with van der Waals surface area (Å²) in [7, 11) is 2.12. The van der Waals surface area contributed by atoms with E-state index in [2.05, 4.69) is 21.8 Å². The van der Waals surface area contributed by atoms with Gasteiger partial charge >= 0.3 is 0 Å². The molecule has 2 atom stereocenters. The highest BCUT2D eigenvalue weighted by Crippen LogP contribution is 2.27. The molecule has 2 fully saturated rings. The smallest absolute Gasteiger partial charge is 0.161 e. The summed E-state index contributed by atoms with van der Waals surface area (Å²) in [4.78, 5) is 8.80. The van der Waals surface area contributed by atoms with Gasteiger partial charge in [0, 0.05) is 19.6 Å². The maximum absolute atomic E-state index is 8.99. The molecule has 0 saturated carbocycles. The summed E-state index contributed by atoms with van der Waals surface area (Å²) in [5.41, 5.74) is 0.281. The highest BCUT2D eigenvalue weighted by Gasteiger charge is 2.39. The third kappa shape index (κ3) is 2.27. The molecule has 1 aromatic rings. The van der Waals surface area contributed by atoms with Crippen molar-refractivity contribution in [2.24, 2.45) is 0 Å². The van der Waals surface area contributed by atoms with E-state index in [1.54, 1.807) is 6.07 Å². The lowest BCUT2D eigenvalue weighted by molar-refractivity contribution is -0.0362. The molecule has 0 aliphatic carbocycles. The SMILES string of the molecule is CN1CCOC2CN(c3ccc(Cl)c(C#N)n3)CC21. The predicted octanol–water partition coefficient (Wildman–Crippen LogP) is 1.13. The highest BCUT2D eigenvalue weighted by molar-refractivity contribution is 6.31. The maximum Gasteiger partial charge on any atom is 0.161 e. The summed E-state index contributed by atoms with van der Waals surface area (Å²) >= 11 is 5.91. The van der Waals surface area contributed by atoms with Gasteiger partial charge in [-0.3, -0.25) is 4.90 Å². The second-order valence-electron chi connectivity index (χ2n) is 4.97. The fourth-order valence-corrected chi connectivity index (χ4v) is 2.88. The second-order valence-corrected chi connectivity index (χ2v) is 5.38. The van der Waals surface area contributed by atoms with Gasteiger partial charge in [0.2, 0.25) is 0 Å². The number of anilines is 1. The second kappa shape index (κ2) is 4.97. The van der Waals surface area contributed by atoms with Crippen molar-refractivity contribution >= 4 is 17.4 Å². The molecule has 0 radical (unpaired) electrons. The molecule has 0 amide bonds. The molecule has 0 spiro atoms. The first kappa shape index (κ1) is 12.7. The molecule has 3 heterocycles. The quantitative estimate of drug-likeness (QED) is 0.771. The first-order valence-electron chi connectivity index (χ1n) is 6.32. The van der Waals surface area contributed by atoms with Crippen LogP contribution in [0, 0.1) is 11.3 Å². The molecule has 3 rings (SSSR count). The van der Waals surface area contributed by atoms with Crippen LogP contribution in [0.2, 0.25) is 5.02 Å². The lowest BCUT2D eigenvalue weighted by Gasteiger charge is -2.33. The number of aromatic nitrogens is 1. The van der Waals surface area contributed by atoms with Crippen LogP contribution in [0.15, 0.2) is 12.1 Å². The van der Waals surface area contributed by atoms with Crippen molar-refractivity contribution in [2.45, 2.75) is 12.1 Å². The van der Waals surface area contributed by atoms with Gasteiger partial charge in [0.1, 0.15) is 11.9 Å². The lowest BCUT2D eigenvalue weighted by atomic mass is 10.1.